The fourth-order valence-electron chi connectivity index (χ4n) is 3.39. The van der Waals surface area contributed by atoms with Gasteiger partial charge in [0.25, 0.3) is 0 Å². The zero-order chi connectivity index (χ0) is 14.7. The molecule has 21 heavy (non-hydrogen) atoms. The lowest BCUT2D eigenvalue weighted by Crippen LogP contribution is -2.38. The van der Waals surface area contributed by atoms with Crippen molar-refractivity contribution < 1.29 is 0 Å². The molecule has 5 heteroatoms. The summed E-state index contributed by atoms with van der Waals surface area (Å²) in [5, 5.41) is 0. The molecule has 0 unspecified atom stereocenters. The number of anilines is 1. The van der Waals surface area contributed by atoms with Gasteiger partial charge in [-0.05, 0) is 56.8 Å². The molecule has 4 nitrogen and oxygen atoms in total. The molecule has 2 fully saturated rings. The van der Waals surface area contributed by atoms with E-state index in [4.69, 9.17) is 18.0 Å². The molecule has 2 aliphatic rings. The summed E-state index contributed by atoms with van der Waals surface area (Å²) in [4.78, 5) is 9.93. The molecule has 0 spiro atoms. The molecule has 114 valence electrons. The quantitative estimate of drug-likeness (QED) is 0.862. The number of thiocarbonyl (C=S) groups is 1. The van der Waals surface area contributed by atoms with E-state index in [9.17, 15) is 0 Å². The summed E-state index contributed by atoms with van der Waals surface area (Å²) in [7, 11) is 0. The summed E-state index contributed by atoms with van der Waals surface area (Å²) >= 11 is 4.96. The number of hydrogen-bond acceptors (Lipinski definition) is 4. The number of nitrogens with two attached hydrogens (primary N) is 1. The Labute approximate surface area is 132 Å². The number of piperidine rings is 1. The van der Waals surface area contributed by atoms with Crippen LogP contribution in [-0.4, -0.2) is 47.6 Å². The third-order valence-corrected chi connectivity index (χ3v) is 4.92. The minimum Gasteiger partial charge on any atom is -0.389 e. The van der Waals surface area contributed by atoms with E-state index in [1.807, 2.05) is 12.1 Å². The van der Waals surface area contributed by atoms with Crippen LogP contribution in [0.25, 0.3) is 0 Å². The van der Waals surface area contributed by atoms with Gasteiger partial charge < -0.3 is 15.5 Å². The number of aromatic nitrogens is 1. The van der Waals surface area contributed by atoms with Crippen molar-refractivity contribution in [3.8, 4) is 0 Å². The van der Waals surface area contributed by atoms with Crippen LogP contribution in [0.1, 0.15) is 31.2 Å². The van der Waals surface area contributed by atoms with Crippen LogP contribution in [0, 0.1) is 5.92 Å². The average molecular weight is 304 g/mol. The molecule has 0 aliphatic carbocycles. The Morgan fingerprint density at radius 3 is 2.48 bits per heavy atom. The summed E-state index contributed by atoms with van der Waals surface area (Å²) < 4.78 is 0. The van der Waals surface area contributed by atoms with Gasteiger partial charge in [-0.3, -0.25) is 0 Å². The molecule has 2 aliphatic heterocycles. The van der Waals surface area contributed by atoms with Crippen LogP contribution < -0.4 is 10.6 Å². The third kappa shape index (κ3) is 3.71. The molecule has 3 rings (SSSR count). The Balaban J connectivity index is 1.51. The van der Waals surface area contributed by atoms with Gasteiger partial charge in [0.15, 0.2) is 0 Å². The first-order chi connectivity index (χ1) is 10.2. The van der Waals surface area contributed by atoms with Crippen molar-refractivity contribution in [1.29, 1.82) is 0 Å². The highest BCUT2D eigenvalue weighted by molar-refractivity contribution is 7.80. The lowest BCUT2D eigenvalue weighted by Gasteiger charge is -2.34. The van der Waals surface area contributed by atoms with Gasteiger partial charge in [-0.25, -0.2) is 4.98 Å². The SMILES string of the molecule is NC(=S)c1ccc(N2CCC(CN3CCCC3)CC2)nc1. The van der Waals surface area contributed by atoms with Gasteiger partial charge in [-0.15, -0.1) is 0 Å². The maximum atomic E-state index is 5.61. The molecule has 0 radical (unpaired) electrons. The zero-order valence-electron chi connectivity index (χ0n) is 12.5. The predicted octanol–water partition coefficient (Wildman–Crippen LogP) is 2.03. The first kappa shape index (κ1) is 14.7. The highest BCUT2D eigenvalue weighted by Gasteiger charge is 2.23. The van der Waals surface area contributed by atoms with Crippen molar-refractivity contribution in [2.45, 2.75) is 25.7 Å². The van der Waals surface area contributed by atoms with Crippen molar-refractivity contribution in [3.05, 3.63) is 23.9 Å². The Kier molecular flexibility index (Phi) is 4.70. The summed E-state index contributed by atoms with van der Waals surface area (Å²) in [6.07, 6.45) is 7.11. The second-order valence-electron chi connectivity index (χ2n) is 6.21. The van der Waals surface area contributed by atoms with Crippen LogP contribution in [-0.2, 0) is 0 Å². The van der Waals surface area contributed by atoms with E-state index in [0.29, 0.717) is 4.99 Å². The van der Waals surface area contributed by atoms with E-state index in [-0.39, 0.29) is 0 Å². The highest BCUT2D eigenvalue weighted by Crippen LogP contribution is 2.23. The minimum absolute atomic E-state index is 0.415. The molecule has 0 atom stereocenters. The smallest absolute Gasteiger partial charge is 0.128 e. The van der Waals surface area contributed by atoms with Crippen LogP contribution in [0.4, 0.5) is 5.82 Å². The number of likely N-dealkylation sites (tertiary alicyclic amines) is 1. The van der Waals surface area contributed by atoms with Gasteiger partial charge in [-0.1, -0.05) is 12.2 Å². The maximum Gasteiger partial charge on any atom is 0.128 e. The molecule has 0 amide bonds. The Morgan fingerprint density at radius 1 is 1.19 bits per heavy atom. The van der Waals surface area contributed by atoms with Gasteiger partial charge in [0.2, 0.25) is 0 Å². The Morgan fingerprint density at radius 2 is 1.90 bits per heavy atom. The molecule has 0 bridgehead atoms. The monoisotopic (exact) mass is 304 g/mol. The van der Waals surface area contributed by atoms with Gasteiger partial charge in [0.1, 0.15) is 10.8 Å². The summed E-state index contributed by atoms with van der Waals surface area (Å²) in [6, 6.07) is 4.01. The first-order valence-corrected chi connectivity index (χ1v) is 8.36. The number of nitrogens with zero attached hydrogens (tertiary/aromatic N) is 3. The molecule has 3 heterocycles. The fourth-order valence-corrected chi connectivity index (χ4v) is 3.51. The second kappa shape index (κ2) is 6.71. The largest absolute Gasteiger partial charge is 0.389 e. The number of rotatable bonds is 4. The van der Waals surface area contributed by atoms with Crippen LogP contribution in [0.15, 0.2) is 18.3 Å². The first-order valence-electron chi connectivity index (χ1n) is 7.95. The normalized spacial score (nSPS) is 20.9. The van der Waals surface area contributed by atoms with Gasteiger partial charge >= 0.3 is 0 Å². The van der Waals surface area contributed by atoms with E-state index in [1.54, 1.807) is 6.20 Å². The van der Waals surface area contributed by atoms with Crippen molar-refractivity contribution in [3.63, 3.8) is 0 Å². The van der Waals surface area contributed by atoms with Gasteiger partial charge in [0.05, 0.1) is 0 Å². The highest BCUT2D eigenvalue weighted by atomic mass is 32.1. The van der Waals surface area contributed by atoms with Crippen LogP contribution >= 0.6 is 12.2 Å². The molecule has 0 aromatic carbocycles. The van der Waals surface area contributed by atoms with Gasteiger partial charge in [-0.2, -0.15) is 0 Å². The second-order valence-corrected chi connectivity index (χ2v) is 6.65. The standard InChI is InChI=1S/C16H24N4S/c17-16(21)14-3-4-15(18-11-14)20-9-5-13(6-10-20)12-19-7-1-2-8-19/h3-4,11,13H,1-2,5-10,12H2,(H2,17,21). The van der Waals surface area contributed by atoms with E-state index < -0.39 is 0 Å². The van der Waals surface area contributed by atoms with Crippen molar-refractivity contribution in [1.82, 2.24) is 9.88 Å². The molecule has 2 saturated heterocycles. The minimum atomic E-state index is 0.415. The predicted molar refractivity (Wildman–Crippen MR) is 90.7 cm³/mol. The van der Waals surface area contributed by atoms with Crippen LogP contribution in [0.5, 0.6) is 0 Å². The number of hydrogen-bond donors (Lipinski definition) is 1. The summed E-state index contributed by atoms with van der Waals surface area (Å²) in [6.45, 7) is 6.13. The average Bonchev–Trinajstić information content (AvgIpc) is 3.01. The van der Waals surface area contributed by atoms with Crippen molar-refractivity contribution in [2.24, 2.45) is 11.7 Å². The lowest BCUT2D eigenvalue weighted by atomic mass is 9.96. The van der Waals surface area contributed by atoms with E-state index in [2.05, 4.69) is 14.8 Å². The van der Waals surface area contributed by atoms with E-state index >= 15 is 0 Å². The Bertz CT molecular complexity index is 474. The topological polar surface area (TPSA) is 45.4 Å². The molecular weight excluding hydrogens is 280 g/mol. The molecule has 2 N–H and O–H groups in total. The molecule has 1 aromatic heterocycles. The zero-order valence-corrected chi connectivity index (χ0v) is 13.3. The summed E-state index contributed by atoms with van der Waals surface area (Å²) in [5.74, 6) is 1.91. The van der Waals surface area contributed by atoms with Crippen LogP contribution in [0.2, 0.25) is 0 Å². The van der Waals surface area contributed by atoms with E-state index in [0.717, 1.165) is 30.4 Å². The maximum absolute atomic E-state index is 5.61. The lowest BCUT2D eigenvalue weighted by molar-refractivity contribution is 0.249. The Hall–Kier alpha value is -1.20. The van der Waals surface area contributed by atoms with E-state index in [1.165, 1.54) is 45.3 Å². The molecule has 1 aromatic rings. The molecule has 0 saturated carbocycles. The summed E-state index contributed by atoms with van der Waals surface area (Å²) in [5.41, 5.74) is 6.46. The number of pyridine rings is 1. The fraction of sp³-hybridized carbons (Fsp3) is 0.625. The third-order valence-electron chi connectivity index (χ3n) is 4.69. The van der Waals surface area contributed by atoms with Crippen molar-refractivity contribution >= 4 is 23.0 Å². The van der Waals surface area contributed by atoms with Gasteiger partial charge in [0, 0.05) is 31.4 Å². The van der Waals surface area contributed by atoms with Crippen LogP contribution in [0.3, 0.4) is 0 Å². The molecular formula is C16H24N4S. The van der Waals surface area contributed by atoms with Crippen molar-refractivity contribution in [2.75, 3.05) is 37.6 Å².